The summed E-state index contributed by atoms with van der Waals surface area (Å²) in [5.41, 5.74) is 1.11. The Morgan fingerprint density at radius 3 is 2.80 bits per heavy atom. The second-order valence-corrected chi connectivity index (χ2v) is 2.77. The third-order valence-corrected chi connectivity index (χ3v) is 1.87. The summed E-state index contributed by atoms with van der Waals surface area (Å²) in [5, 5.41) is 25.8. The van der Waals surface area contributed by atoms with Gasteiger partial charge in [0.15, 0.2) is 0 Å². The minimum atomic E-state index is 0.0590. The molecule has 1 aromatic carbocycles. The van der Waals surface area contributed by atoms with Crippen LogP contribution in [0.25, 0.3) is 11.3 Å². The quantitative estimate of drug-likeness (QED) is 0.340. The van der Waals surface area contributed by atoms with Gasteiger partial charge >= 0.3 is 0 Å². The van der Waals surface area contributed by atoms with Crippen LogP contribution in [0.1, 0.15) is 5.69 Å². The van der Waals surface area contributed by atoms with Gasteiger partial charge in [-0.15, -0.1) is 0 Å². The molecular formula is C9H7N3O3. The molecule has 0 unspecified atom stereocenters. The van der Waals surface area contributed by atoms with Crippen LogP contribution in [0.15, 0.2) is 40.1 Å². The van der Waals surface area contributed by atoms with Crippen molar-refractivity contribution in [1.29, 1.82) is 0 Å². The first-order valence-electron chi connectivity index (χ1n) is 4.15. The van der Waals surface area contributed by atoms with Crippen LogP contribution in [0.2, 0.25) is 0 Å². The van der Waals surface area contributed by atoms with E-state index in [9.17, 15) is 5.21 Å². The van der Waals surface area contributed by atoms with E-state index in [1.807, 2.05) is 6.07 Å². The van der Waals surface area contributed by atoms with Crippen molar-refractivity contribution >= 4 is 6.21 Å². The van der Waals surface area contributed by atoms with Crippen LogP contribution in [0, 0.1) is 5.21 Å². The Labute approximate surface area is 84.6 Å². The number of hydrogen-bond acceptors (Lipinski definition) is 5. The van der Waals surface area contributed by atoms with Gasteiger partial charge in [0, 0.05) is 10.7 Å². The van der Waals surface area contributed by atoms with E-state index in [4.69, 9.17) is 5.21 Å². The molecule has 0 atom stereocenters. The van der Waals surface area contributed by atoms with Crippen LogP contribution in [0.3, 0.4) is 0 Å². The van der Waals surface area contributed by atoms with Crippen LogP contribution >= 0.6 is 0 Å². The molecule has 2 rings (SSSR count). The van der Waals surface area contributed by atoms with Gasteiger partial charge in [-0.05, 0) is 4.90 Å². The van der Waals surface area contributed by atoms with Crippen molar-refractivity contribution in [2.45, 2.75) is 0 Å². The molecule has 0 saturated carbocycles. The molecule has 2 aromatic rings. The molecule has 0 aliphatic rings. The lowest BCUT2D eigenvalue weighted by Crippen LogP contribution is -2.27. The molecule has 1 N–H and O–H groups in total. The summed E-state index contributed by atoms with van der Waals surface area (Å²) in [6.07, 6.45) is 0.978. The highest BCUT2D eigenvalue weighted by atomic mass is 16.8. The maximum absolute atomic E-state index is 11.1. The summed E-state index contributed by atoms with van der Waals surface area (Å²) in [6, 6.07) is 8.99. The molecule has 1 aromatic heterocycles. The van der Waals surface area contributed by atoms with E-state index in [2.05, 4.69) is 14.9 Å². The zero-order chi connectivity index (χ0) is 10.7. The van der Waals surface area contributed by atoms with Gasteiger partial charge in [-0.1, -0.05) is 35.5 Å². The zero-order valence-electron chi connectivity index (χ0n) is 7.57. The molecule has 6 nitrogen and oxygen atoms in total. The van der Waals surface area contributed by atoms with Gasteiger partial charge in [0.1, 0.15) is 6.21 Å². The van der Waals surface area contributed by atoms with E-state index in [1.165, 1.54) is 0 Å². The van der Waals surface area contributed by atoms with E-state index in [1.54, 1.807) is 24.3 Å². The third kappa shape index (κ3) is 1.64. The minimum absolute atomic E-state index is 0.0590. The van der Waals surface area contributed by atoms with Crippen molar-refractivity contribution in [2.24, 2.45) is 5.16 Å². The second kappa shape index (κ2) is 3.79. The highest BCUT2D eigenvalue weighted by Crippen LogP contribution is 2.17. The van der Waals surface area contributed by atoms with E-state index in [0.29, 0.717) is 11.3 Å². The summed E-state index contributed by atoms with van der Waals surface area (Å²) in [7, 11) is 0. The molecule has 1 heterocycles. The van der Waals surface area contributed by atoms with Crippen molar-refractivity contribution in [2.75, 3.05) is 0 Å². The Kier molecular flexibility index (Phi) is 2.32. The fourth-order valence-electron chi connectivity index (χ4n) is 1.21. The largest absolute Gasteiger partial charge is 0.411 e. The summed E-state index contributed by atoms with van der Waals surface area (Å²) in [6.45, 7) is 0. The van der Waals surface area contributed by atoms with Crippen LogP contribution in [0.5, 0.6) is 0 Å². The first-order chi connectivity index (χ1) is 7.33. The predicted molar refractivity (Wildman–Crippen MR) is 50.3 cm³/mol. The summed E-state index contributed by atoms with van der Waals surface area (Å²) >= 11 is 0. The van der Waals surface area contributed by atoms with Crippen molar-refractivity contribution in [3.8, 4) is 11.3 Å². The number of aromatic nitrogens is 2. The lowest BCUT2D eigenvalue weighted by Gasteiger charge is -1.91. The maximum atomic E-state index is 11.1. The van der Waals surface area contributed by atoms with Crippen LogP contribution in [-0.4, -0.2) is 16.6 Å². The van der Waals surface area contributed by atoms with Crippen molar-refractivity contribution < 1.29 is 14.7 Å². The molecule has 76 valence electrons. The molecular weight excluding hydrogens is 198 g/mol. The molecule has 0 aliphatic carbocycles. The van der Waals surface area contributed by atoms with Crippen LogP contribution in [0.4, 0.5) is 0 Å². The summed E-state index contributed by atoms with van der Waals surface area (Å²) in [4.78, 5) is 0.183. The topological polar surface area (TPSA) is 85.6 Å². The highest BCUT2D eigenvalue weighted by molar-refractivity contribution is 5.83. The Hall–Kier alpha value is -2.37. The fourth-order valence-corrected chi connectivity index (χ4v) is 1.21. The normalized spacial score (nSPS) is 10.9. The van der Waals surface area contributed by atoms with Crippen molar-refractivity contribution in [3.05, 3.63) is 41.2 Å². The SMILES string of the molecule is [O-][n+]1onc(-c2ccccc2)c1C=NO. The third-order valence-electron chi connectivity index (χ3n) is 1.87. The average molecular weight is 205 g/mol. The Balaban J connectivity index is 2.54. The summed E-state index contributed by atoms with van der Waals surface area (Å²) < 4.78 is 4.41. The van der Waals surface area contributed by atoms with Gasteiger partial charge in [0.05, 0.1) is 0 Å². The molecule has 0 saturated heterocycles. The zero-order valence-corrected chi connectivity index (χ0v) is 7.57. The molecule has 6 heteroatoms. The molecule has 0 amide bonds. The van der Waals surface area contributed by atoms with Gasteiger partial charge in [0.2, 0.25) is 5.69 Å². The number of nitrogens with zero attached hydrogens (tertiary/aromatic N) is 3. The van der Waals surface area contributed by atoms with Crippen LogP contribution < -0.4 is 4.90 Å². The van der Waals surface area contributed by atoms with Gasteiger partial charge < -0.3 is 10.4 Å². The molecule has 0 fully saturated rings. The predicted octanol–water partition coefficient (Wildman–Crippen LogP) is 0.783. The number of rotatable bonds is 2. The number of benzene rings is 1. The first-order valence-corrected chi connectivity index (χ1v) is 4.15. The van der Waals surface area contributed by atoms with Crippen molar-refractivity contribution in [1.82, 2.24) is 5.16 Å². The van der Waals surface area contributed by atoms with Crippen molar-refractivity contribution in [3.63, 3.8) is 0 Å². The smallest absolute Gasteiger partial charge is 0.257 e. The second-order valence-electron chi connectivity index (χ2n) is 2.77. The van der Waals surface area contributed by atoms with E-state index in [0.717, 1.165) is 6.21 Å². The first kappa shape index (κ1) is 9.20. The number of hydrogen-bond donors (Lipinski definition) is 1. The van der Waals surface area contributed by atoms with E-state index < -0.39 is 0 Å². The fraction of sp³-hybridized carbons (Fsp3) is 0. The molecule has 15 heavy (non-hydrogen) atoms. The lowest BCUT2D eigenvalue weighted by atomic mass is 10.1. The standard InChI is InChI=1S/C9H7N3O3/c13-10-6-8-9(11-15-12(8)14)7-4-2-1-3-5-7/h1-6,13H. The minimum Gasteiger partial charge on any atom is -0.411 e. The van der Waals surface area contributed by atoms with Gasteiger partial charge in [0.25, 0.3) is 5.69 Å². The van der Waals surface area contributed by atoms with Gasteiger partial charge in [-0.25, -0.2) is 0 Å². The Bertz CT molecular complexity index is 479. The van der Waals surface area contributed by atoms with E-state index in [-0.39, 0.29) is 10.6 Å². The van der Waals surface area contributed by atoms with Crippen LogP contribution in [-0.2, 0) is 0 Å². The van der Waals surface area contributed by atoms with E-state index >= 15 is 0 Å². The Morgan fingerprint density at radius 1 is 1.40 bits per heavy atom. The maximum Gasteiger partial charge on any atom is 0.257 e. The van der Waals surface area contributed by atoms with Gasteiger partial charge in [-0.2, -0.15) is 0 Å². The lowest BCUT2D eigenvalue weighted by molar-refractivity contribution is -0.803. The Morgan fingerprint density at radius 2 is 2.13 bits per heavy atom. The molecule has 0 spiro atoms. The molecule has 0 bridgehead atoms. The highest BCUT2D eigenvalue weighted by Gasteiger charge is 2.18. The summed E-state index contributed by atoms with van der Waals surface area (Å²) in [5.74, 6) is 0. The average Bonchev–Trinajstić information content (AvgIpc) is 2.63. The number of oxime groups is 1. The molecule has 0 aliphatic heterocycles. The molecule has 0 radical (unpaired) electrons. The van der Waals surface area contributed by atoms with Gasteiger partial charge in [-0.3, -0.25) is 4.63 Å². The monoisotopic (exact) mass is 205 g/mol.